The van der Waals surface area contributed by atoms with Crippen molar-refractivity contribution in [2.75, 3.05) is 18.9 Å². The van der Waals surface area contributed by atoms with Crippen LogP contribution in [0, 0.1) is 6.92 Å². The molecule has 2 N–H and O–H groups in total. The van der Waals surface area contributed by atoms with Crippen LogP contribution in [-0.2, 0) is 26.2 Å². The van der Waals surface area contributed by atoms with Crippen molar-refractivity contribution in [3.8, 4) is 0 Å². The zero-order chi connectivity index (χ0) is 19.3. The number of thiophene rings is 1. The normalized spacial score (nSPS) is 11.4. The monoisotopic (exact) mass is 395 g/mol. The third-order valence-electron chi connectivity index (χ3n) is 3.66. The second-order valence-electron chi connectivity index (χ2n) is 5.77. The van der Waals surface area contributed by atoms with Gasteiger partial charge in [0.2, 0.25) is 21.8 Å². The van der Waals surface area contributed by atoms with Gasteiger partial charge in [0.25, 0.3) is 0 Å². The van der Waals surface area contributed by atoms with Crippen LogP contribution in [0.15, 0.2) is 40.6 Å². The van der Waals surface area contributed by atoms with E-state index in [2.05, 4.69) is 10.6 Å². The molecule has 2 rings (SSSR count). The van der Waals surface area contributed by atoms with E-state index in [0.29, 0.717) is 12.2 Å². The third-order valence-corrected chi connectivity index (χ3v) is 6.50. The van der Waals surface area contributed by atoms with Gasteiger partial charge in [0.1, 0.15) is 0 Å². The molecule has 0 saturated carbocycles. The second kappa shape index (κ2) is 8.43. The lowest BCUT2D eigenvalue weighted by molar-refractivity contribution is -0.121. The largest absolute Gasteiger partial charge is 0.350 e. The minimum Gasteiger partial charge on any atom is -0.350 e. The zero-order valence-electron chi connectivity index (χ0n) is 14.8. The number of likely N-dealkylation sites (N-methyl/N-ethyl adjacent to an activating group) is 1. The minimum atomic E-state index is -3.80. The number of rotatable bonds is 7. The molecule has 0 aliphatic heterocycles. The maximum atomic E-state index is 12.5. The van der Waals surface area contributed by atoms with Crippen molar-refractivity contribution in [3.63, 3.8) is 0 Å². The first-order valence-corrected chi connectivity index (χ1v) is 10.2. The number of benzene rings is 1. The van der Waals surface area contributed by atoms with Crippen molar-refractivity contribution in [1.29, 1.82) is 0 Å². The topological polar surface area (TPSA) is 95.6 Å². The smallest absolute Gasteiger partial charge is 0.243 e. The Bertz CT molecular complexity index is 889. The summed E-state index contributed by atoms with van der Waals surface area (Å²) in [6, 6.07) is 7.75. The molecule has 0 fully saturated rings. The van der Waals surface area contributed by atoms with Crippen molar-refractivity contribution >= 4 is 38.9 Å². The van der Waals surface area contributed by atoms with Gasteiger partial charge < -0.3 is 10.6 Å². The fraction of sp³-hybridized carbons (Fsp3) is 0.294. The standard InChI is InChI=1S/C17H21N3O4S2/c1-12-8-9-25-16(12)10-18-17(22)11-20(3)26(23,24)15-6-4-14(5-7-15)19-13(2)21/h4-9H,10-11H2,1-3H3,(H,18,22)(H,19,21). The number of anilines is 1. The third kappa shape index (κ3) is 5.13. The molecular formula is C17H21N3O4S2. The Kier molecular flexibility index (Phi) is 6.52. The number of amides is 2. The summed E-state index contributed by atoms with van der Waals surface area (Å²) in [5.41, 5.74) is 1.60. The predicted octanol–water partition coefficient (Wildman–Crippen LogP) is 1.95. The quantitative estimate of drug-likeness (QED) is 0.749. The number of hydrogen-bond donors (Lipinski definition) is 2. The lowest BCUT2D eigenvalue weighted by Crippen LogP contribution is -2.38. The van der Waals surface area contributed by atoms with Gasteiger partial charge in [-0.25, -0.2) is 8.42 Å². The molecule has 140 valence electrons. The molecule has 1 aromatic carbocycles. The lowest BCUT2D eigenvalue weighted by atomic mass is 10.3. The average molecular weight is 396 g/mol. The summed E-state index contributed by atoms with van der Waals surface area (Å²) in [5, 5.41) is 7.24. The number of nitrogens with one attached hydrogen (secondary N) is 2. The molecule has 0 spiro atoms. The molecule has 0 aliphatic rings. The van der Waals surface area contributed by atoms with E-state index < -0.39 is 10.0 Å². The van der Waals surface area contributed by atoms with Gasteiger partial charge >= 0.3 is 0 Å². The van der Waals surface area contributed by atoms with Crippen LogP contribution in [-0.4, -0.2) is 38.1 Å². The SMILES string of the molecule is CC(=O)Nc1ccc(S(=O)(=O)N(C)CC(=O)NCc2sccc2C)cc1. The van der Waals surface area contributed by atoms with Crippen LogP contribution in [0.2, 0.25) is 0 Å². The van der Waals surface area contributed by atoms with Gasteiger partial charge in [0, 0.05) is 24.5 Å². The summed E-state index contributed by atoms with van der Waals surface area (Å²) in [5.74, 6) is -0.617. The minimum absolute atomic E-state index is 0.0519. The number of sulfonamides is 1. The maximum absolute atomic E-state index is 12.5. The van der Waals surface area contributed by atoms with Crippen molar-refractivity contribution < 1.29 is 18.0 Å². The van der Waals surface area contributed by atoms with Crippen LogP contribution in [0.1, 0.15) is 17.4 Å². The van der Waals surface area contributed by atoms with Gasteiger partial charge in [0.15, 0.2) is 0 Å². The Morgan fingerprint density at radius 3 is 2.35 bits per heavy atom. The van der Waals surface area contributed by atoms with Crippen LogP contribution < -0.4 is 10.6 Å². The van der Waals surface area contributed by atoms with E-state index >= 15 is 0 Å². The molecule has 1 aromatic heterocycles. The van der Waals surface area contributed by atoms with Gasteiger partial charge in [-0.2, -0.15) is 4.31 Å². The molecule has 0 unspecified atom stereocenters. The molecule has 0 atom stereocenters. The van der Waals surface area contributed by atoms with Crippen molar-refractivity contribution in [2.45, 2.75) is 25.3 Å². The molecule has 7 nitrogen and oxygen atoms in total. The number of carbonyl (C=O) groups is 2. The molecular weight excluding hydrogens is 374 g/mol. The Hall–Kier alpha value is -2.23. The highest BCUT2D eigenvalue weighted by Crippen LogP contribution is 2.18. The maximum Gasteiger partial charge on any atom is 0.243 e. The van der Waals surface area contributed by atoms with Gasteiger partial charge in [-0.3, -0.25) is 9.59 Å². The van der Waals surface area contributed by atoms with Gasteiger partial charge in [-0.15, -0.1) is 11.3 Å². The first-order valence-electron chi connectivity index (χ1n) is 7.84. The van der Waals surface area contributed by atoms with E-state index in [1.165, 1.54) is 38.2 Å². The molecule has 0 bridgehead atoms. The van der Waals surface area contributed by atoms with Crippen LogP contribution >= 0.6 is 11.3 Å². The average Bonchev–Trinajstić information content (AvgIpc) is 2.98. The Morgan fingerprint density at radius 1 is 1.15 bits per heavy atom. The van der Waals surface area contributed by atoms with Gasteiger partial charge in [0.05, 0.1) is 18.0 Å². The van der Waals surface area contributed by atoms with Crippen LogP contribution in [0.3, 0.4) is 0 Å². The van der Waals surface area contributed by atoms with Gasteiger partial charge in [-0.05, 0) is 48.2 Å². The highest BCUT2D eigenvalue weighted by atomic mass is 32.2. The molecule has 1 heterocycles. The molecule has 0 aliphatic carbocycles. The Labute approximate surface area is 157 Å². The summed E-state index contributed by atoms with van der Waals surface area (Å²) < 4.78 is 26.1. The fourth-order valence-corrected chi connectivity index (χ4v) is 4.17. The molecule has 2 amide bonds. The van der Waals surface area contributed by atoms with Crippen LogP contribution in [0.25, 0.3) is 0 Å². The molecule has 2 aromatic rings. The van der Waals surface area contributed by atoms with Gasteiger partial charge in [-0.1, -0.05) is 0 Å². The molecule has 9 heteroatoms. The summed E-state index contributed by atoms with van der Waals surface area (Å²) >= 11 is 1.54. The van der Waals surface area contributed by atoms with E-state index in [4.69, 9.17) is 0 Å². The Morgan fingerprint density at radius 2 is 1.81 bits per heavy atom. The molecule has 0 radical (unpaired) electrons. The van der Waals surface area contributed by atoms with E-state index in [1.54, 1.807) is 11.3 Å². The van der Waals surface area contributed by atoms with Crippen molar-refractivity contribution in [2.24, 2.45) is 0 Å². The first kappa shape index (κ1) is 20.1. The van der Waals surface area contributed by atoms with E-state index in [0.717, 1.165) is 14.7 Å². The van der Waals surface area contributed by atoms with Crippen LogP contribution in [0.5, 0.6) is 0 Å². The molecule has 0 saturated heterocycles. The zero-order valence-corrected chi connectivity index (χ0v) is 16.4. The van der Waals surface area contributed by atoms with Crippen molar-refractivity contribution in [1.82, 2.24) is 9.62 Å². The highest BCUT2D eigenvalue weighted by Gasteiger charge is 2.23. The van der Waals surface area contributed by atoms with Crippen molar-refractivity contribution in [3.05, 3.63) is 46.2 Å². The Balaban J connectivity index is 1.98. The summed E-state index contributed by atoms with van der Waals surface area (Å²) in [4.78, 5) is 24.2. The summed E-state index contributed by atoms with van der Waals surface area (Å²) in [6.07, 6.45) is 0. The number of hydrogen-bond acceptors (Lipinski definition) is 5. The highest BCUT2D eigenvalue weighted by molar-refractivity contribution is 7.89. The summed E-state index contributed by atoms with van der Waals surface area (Å²) in [6.45, 7) is 3.43. The van der Waals surface area contributed by atoms with Crippen LogP contribution in [0.4, 0.5) is 5.69 Å². The fourth-order valence-electron chi connectivity index (χ4n) is 2.20. The van der Waals surface area contributed by atoms with E-state index in [-0.39, 0.29) is 23.3 Å². The first-order chi connectivity index (χ1) is 12.2. The molecule has 26 heavy (non-hydrogen) atoms. The number of nitrogens with zero attached hydrogens (tertiary/aromatic N) is 1. The number of aryl methyl sites for hydroxylation is 1. The predicted molar refractivity (Wildman–Crippen MR) is 101 cm³/mol. The number of carbonyl (C=O) groups excluding carboxylic acids is 2. The second-order valence-corrected chi connectivity index (χ2v) is 8.82. The van der Waals surface area contributed by atoms with E-state index in [1.807, 2.05) is 18.4 Å². The van der Waals surface area contributed by atoms with E-state index in [9.17, 15) is 18.0 Å². The summed E-state index contributed by atoms with van der Waals surface area (Å²) in [7, 11) is -2.44. The lowest BCUT2D eigenvalue weighted by Gasteiger charge is -2.17.